The van der Waals surface area contributed by atoms with E-state index < -0.39 is 6.04 Å². The number of nitrogens with zero attached hydrogens (tertiary/aromatic N) is 1. The second-order valence-corrected chi connectivity index (χ2v) is 6.59. The summed E-state index contributed by atoms with van der Waals surface area (Å²) in [5, 5.41) is 9.09. The SMILES string of the molecule is CCOC(=O)Cc1csc(NC(=O)C(C)NC(=O)c2cccs2)n1. The fourth-order valence-corrected chi connectivity index (χ4v) is 3.10. The smallest absolute Gasteiger partial charge is 0.311 e. The maximum absolute atomic E-state index is 12.1. The van der Waals surface area contributed by atoms with Crippen LogP contribution in [0.2, 0.25) is 0 Å². The zero-order valence-electron chi connectivity index (χ0n) is 13.2. The number of thiazole rings is 1. The van der Waals surface area contributed by atoms with Crippen LogP contribution in [0.4, 0.5) is 5.13 Å². The molecule has 2 amide bonds. The van der Waals surface area contributed by atoms with E-state index in [1.54, 1.807) is 36.7 Å². The van der Waals surface area contributed by atoms with Crippen molar-refractivity contribution in [3.63, 3.8) is 0 Å². The summed E-state index contributed by atoms with van der Waals surface area (Å²) in [5.41, 5.74) is 0.532. The molecule has 0 saturated carbocycles. The number of esters is 1. The fraction of sp³-hybridized carbons (Fsp3) is 0.333. The number of hydrogen-bond donors (Lipinski definition) is 2. The van der Waals surface area contributed by atoms with Gasteiger partial charge in [-0.25, -0.2) is 4.98 Å². The van der Waals surface area contributed by atoms with E-state index in [1.165, 1.54) is 22.7 Å². The molecule has 0 aliphatic rings. The Morgan fingerprint density at radius 1 is 1.33 bits per heavy atom. The Morgan fingerprint density at radius 3 is 2.79 bits per heavy atom. The van der Waals surface area contributed by atoms with Gasteiger partial charge in [0.15, 0.2) is 5.13 Å². The van der Waals surface area contributed by atoms with Gasteiger partial charge in [0.25, 0.3) is 5.91 Å². The fourth-order valence-electron chi connectivity index (χ4n) is 1.76. The first-order valence-electron chi connectivity index (χ1n) is 7.24. The number of ether oxygens (including phenoxy) is 1. The Labute approximate surface area is 147 Å². The van der Waals surface area contributed by atoms with Gasteiger partial charge in [0, 0.05) is 5.38 Å². The predicted molar refractivity (Wildman–Crippen MR) is 92.3 cm³/mol. The van der Waals surface area contributed by atoms with Gasteiger partial charge < -0.3 is 15.4 Å². The second-order valence-electron chi connectivity index (χ2n) is 4.79. The average molecular weight is 367 g/mol. The average Bonchev–Trinajstić information content (AvgIpc) is 3.19. The maximum Gasteiger partial charge on any atom is 0.311 e. The minimum atomic E-state index is -0.711. The van der Waals surface area contributed by atoms with E-state index in [1.807, 2.05) is 0 Å². The van der Waals surface area contributed by atoms with Crippen molar-refractivity contribution in [3.05, 3.63) is 33.5 Å². The summed E-state index contributed by atoms with van der Waals surface area (Å²) in [7, 11) is 0. The van der Waals surface area contributed by atoms with Crippen molar-refractivity contribution in [2.45, 2.75) is 26.3 Å². The topological polar surface area (TPSA) is 97.4 Å². The summed E-state index contributed by atoms with van der Waals surface area (Å²) in [6, 6.07) is 2.75. The first kappa shape index (κ1) is 18.1. The van der Waals surface area contributed by atoms with Crippen LogP contribution in [0.3, 0.4) is 0 Å². The molecule has 9 heteroatoms. The van der Waals surface area contributed by atoms with Crippen molar-refractivity contribution in [3.8, 4) is 0 Å². The third kappa shape index (κ3) is 5.14. The zero-order valence-corrected chi connectivity index (χ0v) is 14.8. The molecule has 0 radical (unpaired) electrons. The van der Waals surface area contributed by atoms with Gasteiger partial charge in [0.1, 0.15) is 6.04 Å². The van der Waals surface area contributed by atoms with Crippen LogP contribution in [-0.4, -0.2) is 35.4 Å². The third-order valence-corrected chi connectivity index (χ3v) is 4.57. The van der Waals surface area contributed by atoms with E-state index in [0.29, 0.717) is 22.3 Å². The number of aromatic nitrogens is 1. The van der Waals surface area contributed by atoms with E-state index in [4.69, 9.17) is 4.74 Å². The molecule has 0 spiro atoms. The molecule has 7 nitrogen and oxygen atoms in total. The van der Waals surface area contributed by atoms with Crippen molar-refractivity contribution < 1.29 is 19.1 Å². The van der Waals surface area contributed by atoms with Gasteiger partial charge in [-0.05, 0) is 25.3 Å². The molecule has 0 fully saturated rings. The molecule has 0 aliphatic heterocycles. The van der Waals surface area contributed by atoms with Crippen molar-refractivity contribution >= 4 is 45.6 Å². The third-order valence-electron chi connectivity index (χ3n) is 2.90. The number of hydrogen-bond acceptors (Lipinski definition) is 7. The number of carbonyl (C=O) groups is 3. The molecule has 0 bridgehead atoms. The number of thiophene rings is 1. The highest BCUT2D eigenvalue weighted by molar-refractivity contribution is 7.14. The molecular weight excluding hydrogens is 350 g/mol. The van der Waals surface area contributed by atoms with Crippen LogP contribution in [0.15, 0.2) is 22.9 Å². The summed E-state index contributed by atoms with van der Waals surface area (Å²) in [6.07, 6.45) is 0.0604. The Hall–Kier alpha value is -2.26. The maximum atomic E-state index is 12.1. The molecular formula is C15H17N3O4S2. The standard InChI is InChI=1S/C15H17N3O4S2/c1-3-22-12(19)7-10-8-24-15(17-10)18-13(20)9(2)16-14(21)11-5-4-6-23-11/h4-6,8-9H,3,7H2,1-2H3,(H,16,21)(H,17,18,20). The van der Waals surface area contributed by atoms with Crippen LogP contribution >= 0.6 is 22.7 Å². The molecule has 1 unspecified atom stereocenters. The van der Waals surface area contributed by atoms with Crippen LogP contribution < -0.4 is 10.6 Å². The lowest BCUT2D eigenvalue weighted by Gasteiger charge is -2.12. The monoisotopic (exact) mass is 367 g/mol. The summed E-state index contributed by atoms with van der Waals surface area (Å²) in [6.45, 7) is 3.64. The Kier molecular flexibility index (Phi) is 6.44. The van der Waals surface area contributed by atoms with Gasteiger partial charge in [-0.2, -0.15) is 0 Å². The Balaban J connectivity index is 1.86. The van der Waals surface area contributed by atoms with E-state index in [2.05, 4.69) is 15.6 Å². The quantitative estimate of drug-likeness (QED) is 0.730. The predicted octanol–water partition coefficient (Wildman–Crippen LogP) is 2.07. The largest absolute Gasteiger partial charge is 0.466 e. The molecule has 2 rings (SSSR count). The molecule has 2 aromatic rings. The normalized spacial score (nSPS) is 11.6. The minimum Gasteiger partial charge on any atom is -0.466 e. The van der Waals surface area contributed by atoms with Crippen LogP contribution in [0, 0.1) is 0 Å². The lowest BCUT2D eigenvalue weighted by Crippen LogP contribution is -2.41. The van der Waals surface area contributed by atoms with Crippen LogP contribution in [0.25, 0.3) is 0 Å². The highest BCUT2D eigenvalue weighted by Gasteiger charge is 2.18. The van der Waals surface area contributed by atoms with Crippen molar-refractivity contribution in [2.24, 2.45) is 0 Å². The molecule has 0 saturated heterocycles. The first-order valence-corrected chi connectivity index (χ1v) is 9.00. The summed E-state index contributed by atoms with van der Waals surface area (Å²) >= 11 is 2.51. The van der Waals surface area contributed by atoms with Crippen LogP contribution in [0.5, 0.6) is 0 Å². The van der Waals surface area contributed by atoms with E-state index in [-0.39, 0.29) is 24.2 Å². The van der Waals surface area contributed by atoms with E-state index in [9.17, 15) is 14.4 Å². The summed E-state index contributed by atoms with van der Waals surface area (Å²) < 4.78 is 4.85. The van der Waals surface area contributed by atoms with Gasteiger partial charge in [-0.1, -0.05) is 6.07 Å². The van der Waals surface area contributed by atoms with Crippen LogP contribution in [-0.2, 0) is 20.7 Å². The number of anilines is 1. The lowest BCUT2D eigenvalue weighted by atomic mass is 10.3. The van der Waals surface area contributed by atoms with E-state index in [0.717, 1.165) is 0 Å². The highest BCUT2D eigenvalue weighted by Crippen LogP contribution is 2.16. The molecule has 2 heterocycles. The van der Waals surface area contributed by atoms with Crippen molar-refractivity contribution in [1.82, 2.24) is 10.3 Å². The number of carbonyl (C=O) groups excluding carboxylic acids is 3. The summed E-state index contributed by atoms with van der Waals surface area (Å²) in [4.78, 5) is 40.1. The summed E-state index contributed by atoms with van der Waals surface area (Å²) in [5.74, 6) is -1.04. The van der Waals surface area contributed by atoms with Crippen molar-refractivity contribution in [2.75, 3.05) is 11.9 Å². The van der Waals surface area contributed by atoms with Gasteiger partial charge in [-0.3, -0.25) is 14.4 Å². The number of amides is 2. The number of nitrogens with one attached hydrogen (secondary N) is 2. The van der Waals surface area contributed by atoms with Crippen LogP contribution in [0.1, 0.15) is 29.2 Å². The molecule has 2 N–H and O–H groups in total. The second kappa shape index (κ2) is 8.55. The molecule has 2 aromatic heterocycles. The van der Waals surface area contributed by atoms with Gasteiger partial charge in [-0.15, -0.1) is 22.7 Å². The molecule has 1 atom stereocenters. The van der Waals surface area contributed by atoms with Gasteiger partial charge >= 0.3 is 5.97 Å². The number of rotatable bonds is 7. The molecule has 24 heavy (non-hydrogen) atoms. The zero-order chi connectivity index (χ0) is 17.5. The van der Waals surface area contributed by atoms with Crippen molar-refractivity contribution in [1.29, 1.82) is 0 Å². The first-order chi connectivity index (χ1) is 11.5. The van der Waals surface area contributed by atoms with Gasteiger partial charge in [0.05, 0.1) is 23.6 Å². The minimum absolute atomic E-state index is 0.0604. The van der Waals surface area contributed by atoms with E-state index >= 15 is 0 Å². The highest BCUT2D eigenvalue weighted by atomic mass is 32.1. The Morgan fingerprint density at radius 2 is 2.12 bits per heavy atom. The molecule has 0 aromatic carbocycles. The molecule has 0 aliphatic carbocycles. The Bertz CT molecular complexity index is 712. The van der Waals surface area contributed by atoms with Gasteiger partial charge in [0.2, 0.25) is 5.91 Å². The lowest BCUT2D eigenvalue weighted by molar-refractivity contribution is -0.142. The molecule has 128 valence electrons.